The van der Waals surface area contributed by atoms with Gasteiger partial charge < -0.3 is 9.67 Å². The van der Waals surface area contributed by atoms with Crippen LogP contribution in [0.5, 0.6) is 0 Å². The van der Waals surface area contributed by atoms with Crippen LogP contribution in [0.15, 0.2) is 35.1 Å². The number of carboxylic acids is 1. The topological polar surface area (TPSA) is 59.3 Å². The molecule has 21 heavy (non-hydrogen) atoms. The molecule has 0 atom stereocenters. The summed E-state index contributed by atoms with van der Waals surface area (Å²) in [5.74, 6) is -1.22. The summed E-state index contributed by atoms with van der Waals surface area (Å²) < 4.78 is 1.81. The first-order valence-electron chi connectivity index (χ1n) is 6.19. The number of carbonyl (C=O) groups is 1. The Morgan fingerprint density at radius 2 is 1.86 bits per heavy atom. The van der Waals surface area contributed by atoms with Gasteiger partial charge in [-0.1, -0.05) is 23.7 Å². The average molecular weight is 316 g/mol. The van der Waals surface area contributed by atoms with Crippen molar-refractivity contribution in [2.75, 3.05) is 0 Å². The number of nitrogens with zero attached hydrogens (tertiary/aromatic N) is 1. The summed E-state index contributed by atoms with van der Waals surface area (Å²) >= 11 is 5.85. The van der Waals surface area contributed by atoms with Crippen molar-refractivity contribution in [1.29, 1.82) is 0 Å². The number of hydrogen-bond acceptors (Lipinski definition) is 2. The second-order valence-corrected chi connectivity index (χ2v) is 4.87. The molecule has 0 spiro atoms. The van der Waals surface area contributed by atoms with Gasteiger partial charge >= 0.3 is 35.5 Å². The molecule has 1 aromatic heterocycles. The first-order chi connectivity index (χ1) is 9.45. The molecule has 0 aliphatic heterocycles. The van der Waals surface area contributed by atoms with Gasteiger partial charge in [0.25, 0.3) is 0 Å². The Labute approximate surface area is 149 Å². The first kappa shape index (κ1) is 18.0. The van der Waals surface area contributed by atoms with Crippen molar-refractivity contribution in [2.24, 2.45) is 0 Å². The van der Waals surface area contributed by atoms with Gasteiger partial charge in [-0.05, 0) is 31.5 Å². The molecule has 0 radical (unpaired) electrons. The van der Waals surface area contributed by atoms with Crippen LogP contribution in [-0.2, 0) is 6.54 Å². The van der Waals surface area contributed by atoms with Crippen LogP contribution in [0, 0.1) is 6.92 Å². The van der Waals surface area contributed by atoms with E-state index in [0.717, 1.165) is 5.69 Å². The van der Waals surface area contributed by atoms with E-state index in [9.17, 15) is 14.7 Å². The Morgan fingerprint density at radius 1 is 1.29 bits per heavy atom. The Morgan fingerprint density at radius 3 is 2.33 bits per heavy atom. The van der Waals surface area contributed by atoms with Crippen molar-refractivity contribution in [1.82, 2.24) is 4.57 Å². The average Bonchev–Trinajstić information content (AvgIpc) is 2.38. The third kappa shape index (κ3) is 3.58. The Kier molecular flexibility index (Phi) is 6.23. The maximum absolute atomic E-state index is 12.0. The van der Waals surface area contributed by atoms with E-state index in [-0.39, 0.29) is 35.1 Å². The van der Waals surface area contributed by atoms with Gasteiger partial charge in [-0.25, -0.2) is 4.79 Å². The zero-order chi connectivity index (χ0) is 14.9. The Hall–Kier alpha value is -1.07. The van der Waals surface area contributed by atoms with Crippen LogP contribution < -0.4 is 5.43 Å². The van der Waals surface area contributed by atoms with E-state index in [2.05, 4.69) is 0 Å². The van der Waals surface area contributed by atoms with E-state index in [1.54, 1.807) is 31.2 Å². The van der Waals surface area contributed by atoms with Crippen LogP contribution in [0.2, 0.25) is 5.02 Å². The van der Waals surface area contributed by atoms with Gasteiger partial charge in [-0.15, -0.1) is 0 Å². The number of hydrogen-bond donors (Lipinski definition) is 1. The molecular formula is C15H15ClNNaO3. The number of halogens is 1. The molecule has 0 aliphatic carbocycles. The van der Waals surface area contributed by atoms with Crippen LogP contribution in [0.25, 0.3) is 11.3 Å². The van der Waals surface area contributed by atoms with Gasteiger partial charge in [0, 0.05) is 23.3 Å². The molecule has 0 saturated heterocycles. The third-order valence-electron chi connectivity index (χ3n) is 3.17. The van der Waals surface area contributed by atoms with Crippen molar-refractivity contribution in [3.8, 4) is 11.3 Å². The number of benzene rings is 1. The molecule has 106 valence electrons. The van der Waals surface area contributed by atoms with Gasteiger partial charge in [0.2, 0.25) is 0 Å². The molecule has 0 amide bonds. The third-order valence-corrected chi connectivity index (χ3v) is 3.42. The van der Waals surface area contributed by atoms with Gasteiger partial charge in [-0.2, -0.15) is 0 Å². The van der Waals surface area contributed by atoms with E-state index < -0.39 is 11.4 Å². The van der Waals surface area contributed by atoms with Gasteiger partial charge in [0.05, 0.1) is 5.69 Å². The fourth-order valence-corrected chi connectivity index (χ4v) is 2.42. The quantitative estimate of drug-likeness (QED) is 0.886. The van der Waals surface area contributed by atoms with E-state index in [0.29, 0.717) is 22.8 Å². The molecule has 2 aromatic rings. The van der Waals surface area contributed by atoms with Crippen molar-refractivity contribution < 1.29 is 9.90 Å². The number of rotatable bonds is 3. The molecule has 1 N–H and O–H groups in total. The molecule has 1 aromatic carbocycles. The summed E-state index contributed by atoms with van der Waals surface area (Å²) in [6.07, 6.45) is 0. The van der Waals surface area contributed by atoms with Gasteiger partial charge in [-0.3, -0.25) is 4.79 Å². The number of aromatic nitrogens is 1. The number of aromatic carboxylic acids is 1. The summed E-state index contributed by atoms with van der Waals surface area (Å²) in [5, 5.41) is 9.89. The molecule has 1 heterocycles. The molecule has 0 saturated carbocycles. The van der Waals surface area contributed by atoms with Crippen LogP contribution in [-0.4, -0.2) is 45.2 Å². The Bertz CT molecular complexity index is 723. The fourth-order valence-electron chi connectivity index (χ4n) is 2.29. The van der Waals surface area contributed by atoms with Gasteiger partial charge in [0.15, 0.2) is 5.43 Å². The predicted molar refractivity (Wildman–Crippen MR) is 85.7 cm³/mol. The minimum atomic E-state index is -1.22. The van der Waals surface area contributed by atoms with Crippen LogP contribution >= 0.6 is 11.6 Å². The molecule has 2 rings (SSSR count). The standard InChI is InChI=1S/C15H14ClNO3.Na.H/c1-3-17-9(2)8-12(18)13(15(19)20)14(17)10-4-6-11(16)7-5-10;;/h4-8H,3H2,1-2H3,(H,19,20);;. The van der Waals surface area contributed by atoms with Crippen LogP contribution in [0.4, 0.5) is 0 Å². The van der Waals surface area contributed by atoms with E-state index in [1.807, 2.05) is 11.5 Å². The van der Waals surface area contributed by atoms with Crippen molar-refractivity contribution in [3.63, 3.8) is 0 Å². The van der Waals surface area contributed by atoms with E-state index in [1.165, 1.54) is 6.07 Å². The molecule has 0 fully saturated rings. The molecule has 0 unspecified atom stereocenters. The van der Waals surface area contributed by atoms with Crippen molar-refractivity contribution >= 4 is 47.1 Å². The normalized spacial score (nSPS) is 10.0. The molecular weight excluding hydrogens is 301 g/mol. The summed E-state index contributed by atoms with van der Waals surface area (Å²) in [5.41, 5.74) is 1.12. The zero-order valence-corrected chi connectivity index (χ0v) is 11.9. The summed E-state index contributed by atoms with van der Waals surface area (Å²) in [4.78, 5) is 23.4. The summed E-state index contributed by atoms with van der Waals surface area (Å²) in [6, 6.07) is 8.14. The molecule has 0 bridgehead atoms. The second-order valence-electron chi connectivity index (χ2n) is 4.43. The molecule has 0 aliphatic rings. The predicted octanol–water partition coefficient (Wildman–Crippen LogP) is 2.55. The minimum absolute atomic E-state index is 0. The Balaban J connectivity index is 0.00000220. The summed E-state index contributed by atoms with van der Waals surface area (Å²) in [7, 11) is 0. The number of carboxylic acid groups (broad SMARTS) is 1. The van der Waals surface area contributed by atoms with Crippen LogP contribution in [0.3, 0.4) is 0 Å². The molecule has 6 heteroatoms. The van der Waals surface area contributed by atoms with E-state index in [4.69, 9.17) is 11.6 Å². The SMILES string of the molecule is CCn1c(C)cc(=O)c(C(=O)O)c1-c1ccc(Cl)cc1.[NaH]. The maximum atomic E-state index is 12.0. The van der Waals surface area contributed by atoms with Gasteiger partial charge in [0.1, 0.15) is 5.56 Å². The second kappa shape index (κ2) is 7.27. The fraction of sp³-hybridized carbons (Fsp3) is 0.200. The van der Waals surface area contributed by atoms with Crippen molar-refractivity contribution in [2.45, 2.75) is 20.4 Å². The zero-order valence-electron chi connectivity index (χ0n) is 11.2. The number of pyridine rings is 1. The monoisotopic (exact) mass is 315 g/mol. The first-order valence-corrected chi connectivity index (χ1v) is 6.57. The van der Waals surface area contributed by atoms with Crippen LogP contribution in [0.1, 0.15) is 23.0 Å². The molecule has 4 nitrogen and oxygen atoms in total. The summed E-state index contributed by atoms with van der Waals surface area (Å²) in [6.45, 7) is 4.27. The van der Waals surface area contributed by atoms with E-state index >= 15 is 0 Å². The number of aryl methyl sites for hydroxylation is 1. The van der Waals surface area contributed by atoms with Crippen molar-refractivity contribution in [3.05, 3.63) is 56.8 Å².